The van der Waals surface area contributed by atoms with Crippen molar-refractivity contribution in [3.8, 4) is 6.07 Å². The minimum absolute atomic E-state index is 0.329. The van der Waals surface area contributed by atoms with E-state index in [0.717, 1.165) is 0 Å². The molecule has 0 fully saturated rings. The van der Waals surface area contributed by atoms with Crippen molar-refractivity contribution < 1.29 is 14.4 Å². The number of hydrogen-bond donors (Lipinski definition) is 1. The van der Waals surface area contributed by atoms with Crippen molar-refractivity contribution in [2.24, 2.45) is 16.1 Å². The Morgan fingerprint density at radius 3 is 2.67 bits per heavy atom. The van der Waals surface area contributed by atoms with Gasteiger partial charge in [-0.05, 0) is 6.92 Å². The van der Waals surface area contributed by atoms with Crippen LogP contribution in [-0.4, -0.2) is 24.0 Å². The fourth-order valence-corrected chi connectivity index (χ4v) is 1.14. The summed E-state index contributed by atoms with van der Waals surface area (Å²) in [5, 5.41) is 16.1. The second-order valence-corrected chi connectivity index (χ2v) is 3.15. The van der Waals surface area contributed by atoms with Crippen molar-refractivity contribution in [3.05, 3.63) is 0 Å². The molecule has 0 saturated carbocycles. The SMILES string of the molecule is CC(=O)NOC(=O)[C@@H]1N=N[C@H](C)[C@@H]1C#N. The Morgan fingerprint density at radius 2 is 2.13 bits per heavy atom. The molecular weight excluding hydrogens is 200 g/mol. The maximum absolute atomic E-state index is 11.3. The topological polar surface area (TPSA) is 104 Å². The summed E-state index contributed by atoms with van der Waals surface area (Å²) in [5.41, 5.74) is 1.88. The van der Waals surface area contributed by atoms with Gasteiger partial charge in [0.2, 0.25) is 5.91 Å². The summed E-state index contributed by atoms with van der Waals surface area (Å²) in [4.78, 5) is 26.2. The van der Waals surface area contributed by atoms with Crippen LogP contribution in [0.4, 0.5) is 0 Å². The highest BCUT2D eigenvalue weighted by atomic mass is 16.7. The molecule has 1 heterocycles. The summed E-state index contributed by atoms with van der Waals surface area (Å²) >= 11 is 0. The smallest absolute Gasteiger partial charge is 0.338 e. The lowest BCUT2D eigenvalue weighted by molar-refractivity contribution is -0.159. The fraction of sp³-hybridized carbons (Fsp3) is 0.625. The molecule has 1 N–H and O–H groups in total. The molecule has 1 rings (SSSR count). The lowest BCUT2D eigenvalue weighted by Gasteiger charge is -2.10. The van der Waals surface area contributed by atoms with Crippen LogP contribution in [-0.2, 0) is 14.4 Å². The molecule has 0 spiro atoms. The van der Waals surface area contributed by atoms with E-state index in [9.17, 15) is 9.59 Å². The van der Waals surface area contributed by atoms with Crippen LogP contribution in [0.5, 0.6) is 0 Å². The number of hydrogen-bond acceptors (Lipinski definition) is 6. The van der Waals surface area contributed by atoms with E-state index in [-0.39, 0.29) is 6.04 Å². The molecule has 0 radical (unpaired) electrons. The zero-order valence-corrected chi connectivity index (χ0v) is 8.30. The van der Waals surface area contributed by atoms with Gasteiger partial charge in [0.25, 0.3) is 0 Å². The number of rotatable bonds is 1. The van der Waals surface area contributed by atoms with Crippen LogP contribution in [0.15, 0.2) is 10.2 Å². The molecule has 15 heavy (non-hydrogen) atoms. The second kappa shape index (κ2) is 4.50. The first-order valence-electron chi connectivity index (χ1n) is 4.33. The van der Waals surface area contributed by atoms with Crippen LogP contribution < -0.4 is 5.48 Å². The molecule has 7 nitrogen and oxygen atoms in total. The largest absolute Gasteiger partial charge is 0.359 e. The van der Waals surface area contributed by atoms with E-state index in [1.165, 1.54) is 6.92 Å². The highest BCUT2D eigenvalue weighted by molar-refractivity contribution is 5.80. The van der Waals surface area contributed by atoms with Crippen LogP contribution in [0, 0.1) is 17.2 Å². The van der Waals surface area contributed by atoms with Gasteiger partial charge in [-0.2, -0.15) is 21.0 Å². The Morgan fingerprint density at radius 1 is 1.47 bits per heavy atom. The molecule has 7 heteroatoms. The monoisotopic (exact) mass is 210 g/mol. The first kappa shape index (κ1) is 11.1. The molecule has 0 aromatic rings. The molecule has 0 unspecified atom stereocenters. The van der Waals surface area contributed by atoms with Gasteiger partial charge in [-0.15, -0.1) is 0 Å². The lowest BCUT2D eigenvalue weighted by atomic mass is 9.97. The summed E-state index contributed by atoms with van der Waals surface area (Å²) in [5.74, 6) is -1.91. The molecule has 1 aliphatic rings. The van der Waals surface area contributed by atoms with E-state index in [0.29, 0.717) is 0 Å². The standard InChI is InChI=1S/C8H10N4O3/c1-4-6(3-9)7(11-10-4)8(14)15-12-5(2)13/h4,6-7H,1-2H3,(H,12,13)/t4-,6+,7-/m1/s1. The number of azo groups is 1. The third kappa shape index (κ3) is 2.49. The van der Waals surface area contributed by atoms with Crippen molar-refractivity contribution in [2.75, 3.05) is 0 Å². The van der Waals surface area contributed by atoms with Crippen LogP contribution in [0.2, 0.25) is 0 Å². The molecule has 1 aliphatic heterocycles. The Labute approximate surface area is 86.1 Å². The number of nitriles is 1. The van der Waals surface area contributed by atoms with Crippen molar-refractivity contribution in [1.82, 2.24) is 5.48 Å². The van der Waals surface area contributed by atoms with Gasteiger partial charge >= 0.3 is 5.97 Å². The maximum Gasteiger partial charge on any atom is 0.359 e. The van der Waals surface area contributed by atoms with Gasteiger partial charge < -0.3 is 4.84 Å². The molecule has 1 amide bonds. The predicted molar refractivity (Wildman–Crippen MR) is 47.1 cm³/mol. The van der Waals surface area contributed by atoms with Crippen LogP contribution in [0.1, 0.15) is 13.8 Å². The molecule has 80 valence electrons. The molecular formula is C8H10N4O3. The van der Waals surface area contributed by atoms with Crippen molar-refractivity contribution in [1.29, 1.82) is 5.26 Å². The zero-order chi connectivity index (χ0) is 11.4. The summed E-state index contributed by atoms with van der Waals surface area (Å²) in [7, 11) is 0. The van der Waals surface area contributed by atoms with Gasteiger partial charge in [0, 0.05) is 6.92 Å². The number of carbonyl (C=O) groups excluding carboxylic acids is 2. The minimum atomic E-state index is -0.947. The molecule has 0 aliphatic carbocycles. The Kier molecular flexibility index (Phi) is 3.33. The van der Waals surface area contributed by atoms with E-state index in [1.807, 2.05) is 11.5 Å². The van der Waals surface area contributed by atoms with Crippen LogP contribution in [0.25, 0.3) is 0 Å². The average molecular weight is 210 g/mol. The van der Waals surface area contributed by atoms with E-state index >= 15 is 0 Å². The summed E-state index contributed by atoms with van der Waals surface area (Å²) < 4.78 is 0. The minimum Gasteiger partial charge on any atom is -0.338 e. The summed E-state index contributed by atoms with van der Waals surface area (Å²) in [6.45, 7) is 2.89. The Balaban J connectivity index is 2.57. The summed E-state index contributed by atoms with van der Waals surface area (Å²) in [6, 6.07) is 0.655. The second-order valence-electron chi connectivity index (χ2n) is 3.15. The maximum atomic E-state index is 11.3. The van der Waals surface area contributed by atoms with Crippen LogP contribution in [0.3, 0.4) is 0 Å². The predicted octanol–water partition coefficient (Wildman–Crippen LogP) is -0.0566. The van der Waals surface area contributed by atoms with Gasteiger partial charge in [-0.1, -0.05) is 0 Å². The highest BCUT2D eigenvalue weighted by Crippen LogP contribution is 2.23. The van der Waals surface area contributed by atoms with E-state index < -0.39 is 23.8 Å². The zero-order valence-electron chi connectivity index (χ0n) is 8.30. The first-order valence-corrected chi connectivity index (χ1v) is 4.33. The molecule has 0 aromatic carbocycles. The highest BCUT2D eigenvalue weighted by Gasteiger charge is 2.39. The molecule has 0 aromatic heterocycles. The molecule has 0 bridgehead atoms. The number of amides is 1. The van der Waals surface area contributed by atoms with Gasteiger partial charge in [0.15, 0.2) is 6.04 Å². The van der Waals surface area contributed by atoms with Gasteiger partial charge in [0.05, 0.1) is 12.1 Å². The summed E-state index contributed by atoms with van der Waals surface area (Å²) in [6.07, 6.45) is 0. The van der Waals surface area contributed by atoms with Gasteiger partial charge in [-0.25, -0.2) is 4.79 Å². The van der Waals surface area contributed by atoms with Gasteiger partial charge in [-0.3, -0.25) is 4.79 Å². The van der Waals surface area contributed by atoms with Crippen molar-refractivity contribution >= 4 is 11.9 Å². The van der Waals surface area contributed by atoms with Crippen molar-refractivity contribution in [3.63, 3.8) is 0 Å². The number of nitrogens with one attached hydrogen (secondary N) is 1. The fourth-order valence-electron chi connectivity index (χ4n) is 1.14. The van der Waals surface area contributed by atoms with E-state index in [1.54, 1.807) is 6.92 Å². The molecule has 0 saturated heterocycles. The van der Waals surface area contributed by atoms with Gasteiger partial charge in [0.1, 0.15) is 5.92 Å². The first-order chi connectivity index (χ1) is 7.06. The quantitative estimate of drug-likeness (QED) is 0.612. The van der Waals surface area contributed by atoms with E-state index in [4.69, 9.17) is 5.26 Å². The average Bonchev–Trinajstić information content (AvgIpc) is 2.55. The normalized spacial score (nSPS) is 28.2. The Bertz CT molecular complexity index is 346. The Hall–Kier alpha value is -1.97. The number of hydroxylamine groups is 1. The third-order valence-electron chi connectivity index (χ3n) is 1.92. The molecule has 3 atom stereocenters. The number of carbonyl (C=O) groups is 2. The van der Waals surface area contributed by atoms with Crippen LogP contribution >= 0.6 is 0 Å². The third-order valence-corrected chi connectivity index (χ3v) is 1.92. The van der Waals surface area contributed by atoms with Crippen molar-refractivity contribution in [2.45, 2.75) is 25.9 Å². The number of nitrogens with zero attached hydrogens (tertiary/aromatic N) is 3. The van der Waals surface area contributed by atoms with E-state index in [2.05, 4.69) is 15.1 Å². The lowest BCUT2D eigenvalue weighted by Crippen LogP contribution is -2.35.